The van der Waals surface area contributed by atoms with E-state index in [1.54, 1.807) is 6.07 Å². The summed E-state index contributed by atoms with van der Waals surface area (Å²) < 4.78 is 10.3. The third kappa shape index (κ3) is 3.35. The molecule has 1 aromatic rings. The van der Waals surface area contributed by atoms with Crippen LogP contribution >= 0.6 is 0 Å². The molecule has 2 atom stereocenters. The first kappa shape index (κ1) is 14.5. The van der Waals surface area contributed by atoms with Gasteiger partial charge in [-0.2, -0.15) is 5.26 Å². The SMILES string of the molecule is COC(=O)C1CN(Cc2ccccc2C#N)C[C@@H](C)O1. The molecule has 0 aromatic heterocycles. The lowest BCUT2D eigenvalue weighted by Gasteiger charge is -2.35. The van der Waals surface area contributed by atoms with E-state index in [-0.39, 0.29) is 12.1 Å². The van der Waals surface area contributed by atoms with Crippen LogP contribution in [0.2, 0.25) is 0 Å². The quantitative estimate of drug-likeness (QED) is 0.778. The number of carbonyl (C=O) groups excluding carboxylic acids is 1. The van der Waals surface area contributed by atoms with Gasteiger partial charge in [-0.15, -0.1) is 0 Å². The molecule has 1 aromatic carbocycles. The number of esters is 1. The third-order valence-electron chi connectivity index (χ3n) is 3.33. The van der Waals surface area contributed by atoms with E-state index in [1.807, 2.05) is 25.1 Å². The van der Waals surface area contributed by atoms with Crippen LogP contribution in [0.5, 0.6) is 0 Å². The number of nitriles is 1. The standard InChI is InChI=1S/C15H18N2O3/c1-11-8-17(10-14(20-11)15(18)19-2)9-13-6-4-3-5-12(13)7-16/h3-6,11,14H,8-10H2,1-2H3/t11-,14?/m1/s1. The van der Waals surface area contributed by atoms with Gasteiger partial charge in [0.25, 0.3) is 0 Å². The number of carbonyl (C=O) groups is 1. The van der Waals surface area contributed by atoms with Gasteiger partial charge in [-0.05, 0) is 18.6 Å². The van der Waals surface area contributed by atoms with Gasteiger partial charge >= 0.3 is 5.97 Å². The summed E-state index contributed by atoms with van der Waals surface area (Å²) in [6.07, 6.45) is -0.597. The van der Waals surface area contributed by atoms with Crippen molar-refractivity contribution in [3.8, 4) is 6.07 Å². The zero-order chi connectivity index (χ0) is 14.5. The molecule has 0 spiro atoms. The molecule has 2 rings (SSSR count). The summed E-state index contributed by atoms with van der Waals surface area (Å²) in [6, 6.07) is 9.69. The van der Waals surface area contributed by atoms with Crippen LogP contribution < -0.4 is 0 Å². The summed E-state index contributed by atoms with van der Waals surface area (Å²) in [7, 11) is 1.36. The second-order valence-corrected chi connectivity index (χ2v) is 4.92. The summed E-state index contributed by atoms with van der Waals surface area (Å²) >= 11 is 0. The maximum absolute atomic E-state index is 11.6. The van der Waals surface area contributed by atoms with Gasteiger partial charge in [0.15, 0.2) is 6.10 Å². The highest BCUT2D eigenvalue weighted by Gasteiger charge is 2.31. The Kier molecular flexibility index (Phi) is 4.72. The molecule has 0 saturated carbocycles. The highest BCUT2D eigenvalue weighted by atomic mass is 16.6. The monoisotopic (exact) mass is 274 g/mol. The van der Waals surface area contributed by atoms with Crippen molar-refractivity contribution in [1.82, 2.24) is 4.90 Å². The highest BCUT2D eigenvalue weighted by Crippen LogP contribution is 2.17. The molecule has 0 N–H and O–H groups in total. The first-order valence-electron chi connectivity index (χ1n) is 6.57. The molecule has 1 fully saturated rings. The molecule has 20 heavy (non-hydrogen) atoms. The molecule has 1 aliphatic rings. The predicted molar refractivity (Wildman–Crippen MR) is 72.8 cm³/mol. The number of ether oxygens (including phenoxy) is 2. The molecular formula is C15H18N2O3. The summed E-state index contributed by atoms with van der Waals surface area (Å²) in [5, 5.41) is 9.11. The fourth-order valence-corrected chi connectivity index (χ4v) is 2.44. The molecule has 1 saturated heterocycles. The van der Waals surface area contributed by atoms with Crippen LogP contribution in [0.15, 0.2) is 24.3 Å². The number of hydrogen-bond acceptors (Lipinski definition) is 5. The topological polar surface area (TPSA) is 62.6 Å². The van der Waals surface area contributed by atoms with Crippen LogP contribution in [0.1, 0.15) is 18.1 Å². The van der Waals surface area contributed by atoms with Crippen LogP contribution in [0.4, 0.5) is 0 Å². The normalized spacial score (nSPS) is 23.1. The van der Waals surface area contributed by atoms with E-state index >= 15 is 0 Å². The molecular weight excluding hydrogens is 256 g/mol. The summed E-state index contributed by atoms with van der Waals surface area (Å²) in [5.74, 6) is -0.352. The first-order chi connectivity index (χ1) is 9.63. The van der Waals surface area contributed by atoms with Gasteiger partial charge in [0.1, 0.15) is 0 Å². The lowest BCUT2D eigenvalue weighted by molar-refractivity contribution is -0.166. The van der Waals surface area contributed by atoms with Gasteiger partial charge < -0.3 is 9.47 Å². The smallest absolute Gasteiger partial charge is 0.336 e. The zero-order valence-corrected chi connectivity index (χ0v) is 11.7. The Morgan fingerprint density at radius 2 is 2.25 bits per heavy atom. The van der Waals surface area contributed by atoms with E-state index in [1.165, 1.54) is 7.11 Å². The molecule has 5 heteroatoms. The van der Waals surface area contributed by atoms with Crippen molar-refractivity contribution in [2.24, 2.45) is 0 Å². The van der Waals surface area contributed by atoms with Crippen LogP contribution in [0, 0.1) is 11.3 Å². The first-order valence-corrected chi connectivity index (χ1v) is 6.57. The van der Waals surface area contributed by atoms with E-state index < -0.39 is 6.10 Å². The van der Waals surface area contributed by atoms with Gasteiger partial charge in [0.2, 0.25) is 0 Å². The van der Waals surface area contributed by atoms with Crippen molar-refractivity contribution in [2.45, 2.75) is 25.7 Å². The molecule has 0 aliphatic carbocycles. The van der Waals surface area contributed by atoms with Gasteiger partial charge in [-0.25, -0.2) is 4.79 Å². The van der Waals surface area contributed by atoms with Crippen molar-refractivity contribution in [1.29, 1.82) is 5.26 Å². The molecule has 1 heterocycles. The summed E-state index contributed by atoms with van der Waals surface area (Å²) in [6.45, 7) is 3.77. The highest BCUT2D eigenvalue weighted by molar-refractivity contribution is 5.75. The largest absolute Gasteiger partial charge is 0.467 e. The van der Waals surface area contributed by atoms with E-state index in [9.17, 15) is 4.79 Å². The van der Waals surface area contributed by atoms with E-state index in [2.05, 4.69) is 11.0 Å². The maximum Gasteiger partial charge on any atom is 0.336 e. The average molecular weight is 274 g/mol. The van der Waals surface area contributed by atoms with Gasteiger partial charge in [-0.1, -0.05) is 18.2 Å². The number of hydrogen-bond donors (Lipinski definition) is 0. The Hall–Kier alpha value is -1.90. The van der Waals surface area contributed by atoms with Gasteiger partial charge in [0, 0.05) is 19.6 Å². The van der Waals surface area contributed by atoms with E-state index in [0.29, 0.717) is 18.7 Å². The third-order valence-corrected chi connectivity index (χ3v) is 3.33. The number of methoxy groups -OCH3 is 1. The molecule has 0 radical (unpaired) electrons. The van der Waals surface area contributed by atoms with Crippen molar-refractivity contribution in [3.05, 3.63) is 35.4 Å². The number of benzene rings is 1. The van der Waals surface area contributed by atoms with Gasteiger partial charge in [-0.3, -0.25) is 4.90 Å². The number of nitrogens with zero attached hydrogens (tertiary/aromatic N) is 2. The molecule has 1 aliphatic heterocycles. The van der Waals surface area contributed by atoms with Crippen molar-refractivity contribution in [2.75, 3.05) is 20.2 Å². The fourth-order valence-electron chi connectivity index (χ4n) is 2.44. The Morgan fingerprint density at radius 1 is 1.50 bits per heavy atom. The lowest BCUT2D eigenvalue weighted by atomic mass is 10.1. The second-order valence-electron chi connectivity index (χ2n) is 4.92. The van der Waals surface area contributed by atoms with Crippen LogP contribution in [-0.2, 0) is 20.8 Å². The Labute approximate surface area is 118 Å². The van der Waals surface area contributed by atoms with Crippen LogP contribution in [0.25, 0.3) is 0 Å². The minimum atomic E-state index is -0.557. The molecule has 106 valence electrons. The fraction of sp³-hybridized carbons (Fsp3) is 0.467. The van der Waals surface area contributed by atoms with Gasteiger partial charge in [0.05, 0.1) is 24.8 Å². The molecule has 0 amide bonds. The minimum Gasteiger partial charge on any atom is -0.467 e. The van der Waals surface area contributed by atoms with Crippen molar-refractivity contribution >= 4 is 5.97 Å². The zero-order valence-electron chi connectivity index (χ0n) is 11.7. The van der Waals surface area contributed by atoms with Crippen molar-refractivity contribution in [3.63, 3.8) is 0 Å². The van der Waals surface area contributed by atoms with E-state index in [0.717, 1.165) is 12.1 Å². The Bertz CT molecular complexity index is 524. The number of rotatable bonds is 3. The lowest BCUT2D eigenvalue weighted by Crippen LogP contribution is -2.49. The van der Waals surface area contributed by atoms with Crippen LogP contribution in [0.3, 0.4) is 0 Å². The van der Waals surface area contributed by atoms with E-state index in [4.69, 9.17) is 14.7 Å². The Morgan fingerprint density at radius 3 is 2.95 bits per heavy atom. The predicted octanol–water partition coefficient (Wildman–Crippen LogP) is 1.32. The van der Waals surface area contributed by atoms with Crippen LogP contribution in [-0.4, -0.2) is 43.3 Å². The summed E-state index contributed by atoms with van der Waals surface area (Å²) in [5.41, 5.74) is 1.63. The molecule has 1 unspecified atom stereocenters. The number of morpholine rings is 1. The molecule has 0 bridgehead atoms. The molecule has 5 nitrogen and oxygen atoms in total. The maximum atomic E-state index is 11.6. The van der Waals surface area contributed by atoms with Crippen molar-refractivity contribution < 1.29 is 14.3 Å². The summed E-state index contributed by atoms with van der Waals surface area (Å²) in [4.78, 5) is 13.7. The Balaban J connectivity index is 2.09. The minimum absolute atomic E-state index is 0.0397. The second kappa shape index (κ2) is 6.51. The average Bonchev–Trinajstić information content (AvgIpc) is 2.46.